The first kappa shape index (κ1) is 11.5. The topological polar surface area (TPSA) is 43.1 Å². The SMILES string of the molecule is CC1=CCC(C(F)(F)F)=C([N+](=O)[O-])C=C1. The summed E-state index contributed by atoms with van der Waals surface area (Å²) in [4.78, 5) is 9.44. The highest BCUT2D eigenvalue weighted by molar-refractivity contribution is 5.34. The van der Waals surface area contributed by atoms with Gasteiger partial charge in [-0.1, -0.05) is 17.7 Å². The summed E-state index contributed by atoms with van der Waals surface area (Å²) in [7, 11) is 0. The van der Waals surface area contributed by atoms with Gasteiger partial charge in [0.25, 0.3) is 5.70 Å². The molecule has 1 aliphatic carbocycles. The van der Waals surface area contributed by atoms with Crippen molar-refractivity contribution in [2.24, 2.45) is 0 Å². The Balaban J connectivity index is 3.25. The Hall–Kier alpha value is -1.59. The van der Waals surface area contributed by atoms with Crippen molar-refractivity contribution in [3.8, 4) is 0 Å². The van der Waals surface area contributed by atoms with E-state index in [1.165, 1.54) is 12.2 Å². The van der Waals surface area contributed by atoms with Crippen LogP contribution in [0.25, 0.3) is 0 Å². The Morgan fingerprint density at radius 1 is 1.40 bits per heavy atom. The van der Waals surface area contributed by atoms with Crippen molar-refractivity contribution in [1.82, 2.24) is 0 Å². The highest BCUT2D eigenvalue weighted by Gasteiger charge is 2.39. The van der Waals surface area contributed by atoms with E-state index in [1.807, 2.05) is 0 Å². The Labute approximate surface area is 83.7 Å². The number of hydrogen-bond donors (Lipinski definition) is 0. The number of hydrogen-bond acceptors (Lipinski definition) is 2. The van der Waals surface area contributed by atoms with E-state index in [0.29, 0.717) is 5.57 Å². The molecule has 1 rings (SSSR count). The smallest absolute Gasteiger partial charge is 0.258 e. The van der Waals surface area contributed by atoms with Gasteiger partial charge < -0.3 is 0 Å². The molecule has 6 heteroatoms. The largest absolute Gasteiger partial charge is 0.419 e. The van der Waals surface area contributed by atoms with E-state index in [-0.39, 0.29) is 0 Å². The predicted molar refractivity (Wildman–Crippen MR) is 47.6 cm³/mol. The molecule has 0 aliphatic heterocycles. The molecule has 82 valence electrons. The number of halogens is 3. The maximum Gasteiger partial charge on any atom is 0.419 e. The van der Waals surface area contributed by atoms with Gasteiger partial charge in [-0.25, -0.2) is 0 Å². The van der Waals surface area contributed by atoms with Gasteiger partial charge in [-0.15, -0.1) is 0 Å². The van der Waals surface area contributed by atoms with Crippen LogP contribution in [0.1, 0.15) is 13.3 Å². The minimum Gasteiger partial charge on any atom is -0.258 e. The van der Waals surface area contributed by atoms with Crippen molar-refractivity contribution in [3.63, 3.8) is 0 Å². The molecule has 0 unspecified atom stereocenters. The zero-order valence-electron chi connectivity index (χ0n) is 7.84. The standard InChI is InChI=1S/C9H8F3NO2/c1-6-2-4-7(9(10,11)12)8(5-3-6)13(14)15/h2-3,5H,4H2,1H3. The summed E-state index contributed by atoms with van der Waals surface area (Å²) in [5.41, 5.74) is -1.41. The van der Waals surface area contributed by atoms with E-state index < -0.39 is 28.8 Å². The number of alkyl halides is 3. The molecule has 0 aromatic heterocycles. The Morgan fingerprint density at radius 3 is 2.47 bits per heavy atom. The molecule has 0 heterocycles. The number of nitrogens with zero attached hydrogens (tertiary/aromatic N) is 1. The Bertz CT molecular complexity index is 377. The molecule has 15 heavy (non-hydrogen) atoms. The lowest BCUT2D eigenvalue weighted by atomic mass is 10.1. The molecule has 0 radical (unpaired) electrons. The van der Waals surface area contributed by atoms with Gasteiger partial charge in [-0.3, -0.25) is 10.1 Å². The lowest BCUT2D eigenvalue weighted by Crippen LogP contribution is -2.16. The van der Waals surface area contributed by atoms with Crippen LogP contribution in [0.15, 0.2) is 35.1 Å². The summed E-state index contributed by atoms with van der Waals surface area (Å²) in [5, 5.41) is 10.4. The monoisotopic (exact) mass is 219 g/mol. The molecule has 0 N–H and O–H groups in total. The highest BCUT2D eigenvalue weighted by atomic mass is 19.4. The van der Waals surface area contributed by atoms with Gasteiger partial charge in [0.1, 0.15) is 5.57 Å². The lowest BCUT2D eigenvalue weighted by Gasteiger charge is -2.08. The molecule has 3 nitrogen and oxygen atoms in total. The number of nitro groups is 1. The van der Waals surface area contributed by atoms with Gasteiger partial charge in [-0.2, -0.15) is 13.2 Å². The first-order chi connectivity index (χ1) is 6.82. The van der Waals surface area contributed by atoms with Crippen molar-refractivity contribution >= 4 is 0 Å². The fourth-order valence-corrected chi connectivity index (χ4v) is 1.18. The fraction of sp³-hybridized carbons (Fsp3) is 0.333. The molecule has 0 spiro atoms. The zero-order chi connectivity index (χ0) is 11.6. The maximum absolute atomic E-state index is 12.4. The maximum atomic E-state index is 12.4. The molecule has 0 amide bonds. The molecule has 1 aliphatic rings. The van der Waals surface area contributed by atoms with Crippen molar-refractivity contribution < 1.29 is 18.1 Å². The highest BCUT2D eigenvalue weighted by Crippen LogP contribution is 2.33. The van der Waals surface area contributed by atoms with Gasteiger partial charge in [-0.05, 0) is 6.92 Å². The third-order valence-electron chi connectivity index (χ3n) is 1.98. The summed E-state index contributed by atoms with van der Waals surface area (Å²) in [6.45, 7) is 1.59. The predicted octanol–water partition coefficient (Wildman–Crippen LogP) is 2.99. The Morgan fingerprint density at radius 2 is 2.00 bits per heavy atom. The van der Waals surface area contributed by atoms with E-state index in [2.05, 4.69) is 0 Å². The van der Waals surface area contributed by atoms with Crippen molar-refractivity contribution in [2.75, 3.05) is 0 Å². The van der Waals surface area contributed by atoms with E-state index >= 15 is 0 Å². The summed E-state index contributed by atoms with van der Waals surface area (Å²) in [6.07, 6.45) is -1.61. The minimum absolute atomic E-state index is 0.460. The third-order valence-corrected chi connectivity index (χ3v) is 1.98. The third kappa shape index (κ3) is 2.68. The van der Waals surface area contributed by atoms with E-state index in [4.69, 9.17) is 0 Å². The van der Waals surface area contributed by atoms with Crippen LogP contribution in [0, 0.1) is 10.1 Å². The van der Waals surface area contributed by atoms with E-state index in [1.54, 1.807) is 6.92 Å². The second-order valence-corrected chi connectivity index (χ2v) is 3.10. The second-order valence-electron chi connectivity index (χ2n) is 3.10. The molecule has 0 fully saturated rings. The number of allylic oxidation sites excluding steroid dienone is 5. The lowest BCUT2D eigenvalue weighted by molar-refractivity contribution is -0.422. The van der Waals surface area contributed by atoms with Crippen LogP contribution >= 0.6 is 0 Å². The zero-order valence-corrected chi connectivity index (χ0v) is 7.84. The van der Waals surface area contributed by atoms with Gasteiger partial charge in [0.2, 0.25) is 0 Å². The van der Waals surface area contributed by atoms with Gasteiger partial charge in [0.15, 0.2) is 0 Å². The normalized spacial score (nSPS) is 17.5. The van der Waals surface area contributed by atoms with Crippen molar-refractivity contribution in [2.45, 2.75) is 19.5 Å². The number of rotatable bonds is 1. The molecule has 0 aromatic rings. The van der Waals surface area contributed by atoms with Crippen molar-refractivity contribution in [1.29, 1.82) is 0 Å². The molecule has 0 saturated heterocycles. The second kappa shape index (κ2) is 3.88. The first-order valence-corrected chi connectivity index (χ1v) is 4.12. The van der Waals surface area contributed by atoms with Gasteiger partial charge in [0, 0.05) is 12.5 Å². The molecule has 0 bridgehead atoms. The van der Waals surface area contributed by atoms with E-state index in [0.717, 1.165) is 6.08 Å². The van der Waals surface area contributed by atoms with Gasteiger partial charge in [0.05, 0.1) is 4.92 Å². The summed E-state index contributed by atoms with van der Waals surface area (Å²) in [5.74, 6) is 0. The molecule has 0 saturated carbocycles. The average molecular weight is 219 g/mol. The van der Waals surface area contributed by atoms with Gasteiger partial charge >= 0.3 is 6.18 Å². The fourth-order valence-electron chi connectivity index (χ4n) is 1.18. The minimum atomic E-state index is -4.66. The first-order valence-electron chi connectivity index (χ1n) is 4.12. The molecular weight excluding hydrogens is 211 g/mol. The summed E-state index contributed by atoms with van der Waals surface area (Å²) < 4.78 is 37.3. The summed E-state index contributed by atoms with van der Waals surface area (Å²) >= 11 is 0. The van der Waals surface area contributed by atoms with Crippen LogP contribution in [0.5, 0.6) is 0 Å². The van der Waals surface area contributed by atoms with E-state index in [9.17, 15) is 23.3 Å². The van der Waals surface area contributed by atoms with Crippen LogP contribution < -0.4 is 0 Å². The molecular formula is C9H8F3NO2. The van der Waals surface area contributed by atoms with Crippen LogP contribution in [-0.4, -0.2) is 11.1 Å². The summed E-state index contributed by atoms with van der Waals surface area (Å²) in [6, 6.07) is 0. The van der Waals surface area contributed by atoms with Crippen LogP contribution in [-0.2, 0) is 0 Å². The quantitative estimate of drug-likeness (QED) is 0.502. The Kier molecular flexibility index (Phi) is 2.97. The molecule has 0 aromatic carbocycles. The van der Waals surface area contributed by atoms with Crippen LogP contribution in [0.3, 0.4) is 0 Å². The molecule has 0 atom stereocenters. The van der Waals surface area contributed by atoms with Crippen LogP contribution in [0.2, 0.25) is 0 Å². The van der Waals surface area contributed by atoms with Crippen LogP contribution in [0.4, 0.5) is 13.2 Å². The average Bonchev–Trinajstić information content (AvgIpc) is 2.25. The van der Waals surface area contributed by atoms with Crippen molar-refractivity contribution in [3.05, 3.63) is 45.2 Å².